The molecule has 1 radical (unpaired) electrons. The Hall–Kier alpha value is -1.12. The molecule has 1 heterocycles. The first kappa shape index (κ1) is 8.97. The van der Waals surface area contributed by atoms with Gasteiger partial charge in [-0.2, -0.15) is 0 Å². The number of carbonyl (C=O) groups is 2. The molecule has 0 aromatic heterocycles. The quantitative estimate of drug-likeness (QED) is 0.479. The minimum Gasteiger partial charge on any atom is -0.587 e. The zero-order valence-corrected chi connectivity index (χ0v) is 6.82. The number of carbonyl (C=O) groups excluding carboxylic acids is 2. The van der Waals surface area contributed by atoms with Crippen LogP contribution in [0.1, 0.15) is 20.7 Å². The summed E-state index contributed by atoms with van der Waals surface area (Å²) in [5.74, 6) is -0.851. The van der Waals surface area contributed by atoms with E-state index in [1.165, 1.54) is 0 Å². The van der Waals surface area contributed by atoms with E-state index in [0.29, 0.717) is 11.1 Å². The maximum atomic E-state index is 10.9. The van der Waals surface area contributed by atoms with Gasteiger partial charge in [0.05, 0.1) is 11.8 Å². The zero-order chi connectivity index (χ0) is 7.84. The van der Waals surface area contributed by atoms with Crippen molar-refractivity contribution in [1.82, 2.24) is 0 Å². The van der Waals surface area contributed by atoms with Crippen LogP contribution in [0.2, 0.25) is 0 Å². The molecule has 2 rings (SSSR count). The Labute approximate surface area is 79.6 Å². The first-order valence-corrected chi connectivity index (χ1v) is 3.18. The molecule has 0 bridgehead atoms. The van der Waals surface area contributed by atoms with Crippen molar-refractivity contribution in [3.05, 3.63) is 40.7 Å². The Morgan fingerprint density at radius 2 is 1.33 bits per heavy atom. The predicted molar refractivity (Wildman–Crippen MR) is 38.5 cm³/mol. The van der Waals surface area contributed by atoms with Crippen LogP contribution in [0.5, 0.6) is 0 Å². The van der Waals surface area contributed by atoms with E-state index in [4.69, 9.17) is 0 Å². The molecule has 3 nitrogen and oxygen atoms in total. The number of imide groups is 1. The van der Waals surface area contributed by atoms with Crippen LogP contribution in [0.15, 0.2) is 24.3 Å². The molecule has 0 saturated carbocycles. The molecule has 1 aromatic carbocycles. The molecule has 0 N–H and O–H groups in total. The van der Waals surface area contributed by atoms with E-state index in [1.807, 2.05) is 0 Å². The second kappa shape index (κ2) is 3.09. The van der Waals surface area contributed by atoms with Gasteiger partial charge in [-0.05, 0) is 0 Å². The van der Waals surface area contributed by atoms with E-state index in [0.717, 1.165) is 0 Å². The van der Waals surface area contributed by atoms with Crippen molar-refractivity contribution < 1.29 is 26.7 Å². The first-order valence-electron chi connectivity index (χ1n) is 3.18. The molecule has 12 heavy (non-hydrogen) atoms. The molecule has 1 aliphatic heterocycles. The Bertz CT molecular complexity index is 316. The van der Waals surface area contributed by atoms with Crippen molar-refractivity contribution in [2.24, 2.45) is 0 Å². The molecule has 0 fully saturated rings. The average Bonchev–Trinajstić information content (AvgIpc) is 2.30. The van der Waals surface area contributed by atoms with Crippen LogP contribution in [-0.2, 0) is 17.1 Å². The number of benzene rings is 1. The van der Waals surface area contributed by atoms with Crippen molar-refractivity contribution in [3.8, 4) is 0 Å². The van der Waals surface area contributed by atoms with Crippen LogP contribution in [0.3, 0.4) is 0 Å². The number of amides is 2. The van der Waals surface area contributed by atoms with Gasteiger partial charge in [-0.15, -0.1) is 0 Å². The van der Waals surface area contributed by atoms with Crippen molar-refractivity contribution >= 4 is 11.8 Å². The molecule has 0 saturated heterocycles. The van der Waals surface area contributed by atoms with Gasteiger partial charge in [0.2, 0.25) is 0 Å². The van der Waals surface area contributed by atoms with Crippen molar-refractivity contribution in [3.63, 3.8) is 0 Å². The largest absolute Gasteiger partial charge is 2.00 e. The molecule has 4 heteroatoms. The third kappa shape index (κ3) is 1.15. The number of fused-ring (bicyclic) bond motifs is 1. The van der Waals surface area contributed by atoms with Gasteiger partial charge in [0.25, 0.3) is 0 Å². The first-order chi connectivity index (χ1) is 5.29. The van der Waals surface area contributed by atoms with Gasteiger partial charge in [0.15, 0.2) is 0 Å². The van der Waals surface area contributed by atoms with E-state index in [9.17, 15) is 9.59 Å². The van der Waals surface area contributed by atoms with E-state index in [2.05, 4.69) is 5.32 Å². The van der Waals surface area contributed by atoms with E-state index >= 15 is 0 Å². The van der Waals surface area contributed by atoms with Crippen LogP contribution in [0.25, 0.3) is 5.32 Å². The monoisotopic (exact) mass is 209 g/mol. The molecule has 63 valence electrons. The van der Waals surface area contributed by atoms with Gasteiger partial charge >= 0.3 is 17.1 Å². The van der Waals surface area contributed by atoms with Crippen LogP contribution in [-0.4, -0.2) is 11.8 Å². The van der Waals surface area contributed by atoms with Crippen molar-refractivity contribution in [2.75, 3.05) is 0 Å². The van der Waals surface area contributed by atoms with Gasteiger partial charge < -0.3 is 14.9 Å². The summed E-state index contributed by atoms with van der Waals surface area (Å²) in [5.41, 5.74) is 0.829. The normalized spacial score (nSPS) is 13.3. The molecule has 0 atom stereocenters. The maximum Gasteiger partial charge on any atom is 2.00 e. The topological polar surface area (TPSA) is 48.2 Å². The smallest absolute Gasteiger partial charge is 0.587 e. The summed E-state index contributed by atoms with van der Waals surface area (Å²) in [6.45, 7) is 0. The average molecular weight is 210 g/mol. The zero-order valence-electron chi connectivity index (χ0n) is 5.87. The fourth-order valence-electron chi connectivity index (χ4n) is 1.07. The third-order valence-corrected chi connectivity index (χ3v) is 1.59. The molecule has 0 unspecified atom stereocenters. The molecule has 0 spiro atoms. The molecular weight excluding hydrogens is 206 g/mol. The fraction of sp³-hybridized carbons (Fsp3) is 0. The number of hydrogen-bond acceptors (Lipinski definition) is 2. The molecule has 0 aliphatic carbocycles. The van der Waals surface area contributed by atoms with Crippen LogP contribution in [0.4, 0.5) is 0 Å². The summed E-state index contributed by atoms with van der Waals surface area (Å²) in [5, 5.41) is 3.28. The Balaban J connectivity index is 0.000000720. The Morgan fingerprint density at radius 1 is 0.917 bits per heavy atom. The second-order valence-corrected chi connectivity index (χ2v) is 2.27. The summed E-state index contributed by atoms with van der Waals surface area (Å²) >= 11 is 0. The number of nitrogens with zero attached hydrogens (tertiary/aromatic N) is 1. The van der Waals surface area contributed by atoms with Gasteiger partial charge in [-0.1, -0.05) is 24.3 Å². The van der Waals surface area contributed by atoms with E-state index in [1.54, 1.807) is 24.3 Å². The van der Waals surface area contributed by atoms with Crippen molar-refractivity contribution in [1.29, 1.82) is 0 Å². The van der Waals surface area contributed by atoms with Crippen molar-refractivity contribution in [2.45, 2.75) is 0 Å². The minimum absolute atomic E-state index is 0. The summed E-state index contributed by atoms with van der Waals surface area (Å²) in [7, 11) is 0. The van der Waals surface area contributed by atoms with Gasteiger partial charge in [-0.25, -0.2) is 0 Å². The second-order valence-electron chi connectivity index (χ2n) is 2.27. The summed E-state index contributed by atoms with van der Waals surface area (Å²) in [6.07, 6.45) is 0. The van der Waals surface area contributed by atoms with Crippen LogP contribution < -0.4 is 0 Å². The standard InChI is InChI=1S/C8H5NO2.Cu/c10-7-5-3-1-2-4-6(5)8(11)9-7;/h1-4H,(H,9,10,11);/q;+2/p-1. The minimum atomic E-state index is -0.425. The third-order valence-electron chi connectivity index (χ3n) is 1.59. The number of hydrogen-bond donors (Lipinski definition) is 0. The van der Waals surface area contributed by atoms with Gasteiger partial charge in [-0.3, -0.25) is 0 Å². The Morgan fingerprint density at radius 3 is 1.75 bits per heavy atom. The predicted octanol–water partition coefficient (Wildman–Crippen LogP) is 1.35. The van der Waals surface area contributed by atoms with E-state index < -0.39 is 11.8 Å². The number of rotatable bonds is 0. The molecule has 1 aliphatic rings. The molecular formula is C8H4CuNO2+. The van der Waals surface area contributed by atoms with Gasteiger partial charge in [0.1, 0.15) is 0 Å². The van der Waals surface area contributed by atoms with E-state index in [-0.39, 0.29) is 17.1 Å². The summed E-state index contributed by atoms with van der Waals surface area (Å²) in [4.78, 5) is 21.8. The molecule has 1 aromatic rings. The maximum absolute atomic E-state index is 10.9. The van der Waals surface area contributed by atoms with Gasteiger partial charge in [0, 0.05) is 11.1 Å². The Kier molecular flexibility index (Phi) is 2.31. The SMILES string of the molecule is O=C1[N-]C(=O)c2ccccc21.[Cu+2]. The molecule has 2 amide bonds. The summed E-state index contributed by atoms with van der Waals surface area (Å²) < 4.78 is 0. The summed E-state index contributed by atoms with van der Waals surface area (Å²) in [6, 6.07) is 6.63. The fourth-order valence-corrected chi connectivity index (χ4v) is 1.07. The van der Waals surface area contributed by atoms with Crippen LogP contribution >= 0.6 is 0 Å². The van der Waals surface area contributed by atoms with Crippen LogP contribution in [0, 0.1) is 0 Å².